The van der Waals surface area contributed by atoms with Gasteiger partial charge in [-0.15, -0.1) is 0 Å². The molecule has 17 rings (SSSR count). The highest BCUT2D eigenvalue weighted by Crippen LogP contribution is 2.46. The Morgan fingerprint density at radius 1 is 0.240 bits per heavy atom. The Hall–Kier alpha value is -15.2. The number of phenolic OH excluding ortho intramolecular Hbond substituents is 4. The molecule has 3 aromatic heterocycles. The van der Waals surface area contributed by atoms with E-state index in [0.29, 0.717) is 164 Å². The van der Waals surface area contributed by atoms with Crippen LogP contribution in [-0.4, -0.2) is 60.3 Å². The number of aromatic amines is 2. The monoisotopic (exact) mass is 1360 g/mol. The zero-order chi connectivity index (χ0) is 70.0. The van der Waals surface area contributed by atoms with Crippen LogP contribution >= 0.6 is 0 Å². The summed E-state index contributed by atoms with van der Waals surface area (Å²) in [5.41, 5.74) is 8.35. The first-order valence-corrected chi connectivity index (χ1v) is 32.3. The molecular formula is C80H50N16O8. The highest BCUT2D eigenvalue weighted by molar-refractivity contribution is 6.10. The summed E-state index contributed by atoms with van der Waals surface area (Å²) in [6.45, 7) is 0. The maximum atomic E-state index is 9.80. The minimum Gasteiger partial charge on any atom is -0.508 e. The number of hydrogen-bond acceptors (Lipinski definition) is 22. The Balaban J connectivity index is 0.825. The van der Waals surface area contributed by atoms with Gasteiger partial charge in [-0.3, -0.25) is 0 Å². The molecule has 12 aromatic carbocycles. The first-order valence-electron chi connectivity index (χ1n) is 32.3. The van der Waals surface area contributed by atoms with Gasteiger partial charge >= 0.3 is 0 Å². The Labute approximate surface area is 588 Å². The molecule has 0 radical (unpaired) electrons. The molecule has 24 heteroatoms. The predicted octanol–water partition coefficient (Wildman–Crippen LogP) is 22.5. The summed E-state index contributed by atoms with van der Waals surface area (Å²) in [5.74, 6) is 5.36. The SMILES string of the molecule is Oc1ccc(N=Nc2ccc(Oc3ccc4c(c3)-c3nc-4nc4[nH]c(nc5nc(nc6[nH]c(n3)c3cccc(Oc7ccc(N=Nc8ccc(O)cc8)cc7)c63)-c3cccc(Oc6ccc(N=Nc7ccc(O)cc7)cc6)c3-5)c3cccc(Oc5ccc(N=Nc6ccc(O)cc6)cc5)c43)cc2)cc1. The quantitative estimate of drug-likeness (QED) is 0.0490. The first kappa shape index (κ1) is 62.3. The molecule has 0 spiro atoms. The standard InChI is InChI=1S/C80H50N16O8/c97-53-26-10-45(11-27-53)89-93-49-18-34-57(35-19-49)101-61-42-43-62-66(44-61)77-81-73(62)83-78-71-64(5-2-8-68(71)103-59-38-22-51(23-39-59)95-91-47-14-30-55(99)31-15-47)75(85-78)87-80-72-65(6-3-9-69(72)104-60-40-24-52(25-41-60)96-92-48-16-32-56(100)33-17-48)76(88-80)86-79-70-63(74(82-77)84-79)4-1-7-67(70)102-58-36-20-50(21-37-58)94-90-46-12-28-54(98)29-13-46/h1-44,97-100H,(H2,81,82,83,84,85,86,87,88). The second-order valence-electron chi connectivity index (χ2n) is 23.6. The van der Waals surface area contributed by atoms with Crippen LogP contribution in [0.1, 0.15) is 0 Å². The molecule has 0 saturated carbocycles. The number of hydrogen-bond donors (Lipinski definition) is 6. The highest BCUT2D eigenvalue weighted by Gasteiger charge is 2.27. The van der Waals surface area contributed by atoms with Crippen LogP contribution in [0.25, 0.3) is 89.7 Å². The lowest BCUT2D eigenvalue weighted by Gasteiger charge is -2.10. The fourth-order valence-corrected chi connectivity index (χ4v) is 11.5. The molecular weight excluding hydrogens is 1310 g/mol. The van der Waals surface area contributed by atoms with Crippen LogP contribution in [0, 0.1) is 0 Å². The number of ether oxygens (including phenoxy) is 4. The van der Waals surface area contributed by atoms with Gasteiger partial charge in [0.25, 0.3) is 0 Å². The van der Waals surface area contributed by atoms with Gasteiger partial charge < -0.3 is 49.3 Å². The number of phenols is 4. The lowest BCUT2D eigenvalue weighted by molar-refractivity contribution is 0.475. The van der Waals surface area contributed by atoms with Crippen molar-refractivity contribution >= 4 is 89.6 Å². The predicted molar refractivity (Wildman–Crippen MR) is 391 cm³/mol. The summed E-state index contributed by atoms with van der Waals surface area (Å²) < 4.78 is 26.9. The van der Waals surface area contributed by atoms with Gasteiger partial charge in [0.15, 0.2) is 23.3 Å². The van der Waals surface area contributed by atoms with Crippen LogP contribution in [-0.2, 0) is 0 Å². The molecule has 6 N–H and O–H groups in total. The summed E-state index contributed by atoms with van der Waals surface area (Å²) in [4.78, 5) is 39.2. The molecule has 24 nitrogen and oxygen atoms in total. The molecule has 2 aliphatic rings. The van der Waals surface area contributed by atoms with E-state index < -0.39 is 0 Å². The van der Waals surface area contributed by atoms with Crippen LogP contribution < -0.4 is 18.9 Å². The molecule has 2 aliphatic heterocycles. The van der Waals surface area contributed by atoms with Crippen LogP contribution in [0.3, 0.4) is 0 Å². The molecule has 8 bridgehead atoms. The Morgan fingerprint density at radius 2 is 0.538 bits per heavy atom. The fraction of sp³-hybridized carbons (Fsp3) is 0. The Bertz CT molecular complexity index is 6010. The van der Waals surface area contributed by atoms with Gasteiger partial charge in [-0.2, -0.15) is 40.9 Å². The molecule has 498 valence electrons. The third-order valence-electron chi connectivity index (χ3n) is 16.6. The average Bonchev–Trinajstić information content (AvgIpc) is 1.59. The second kappa shape index (κ2) is 26.9. The number of rotatable bonds is 16. The smallest absolute Gasteiger partial charge is 0.168 e. The Morgan fingerprint density at radius 3 is 0.942 bits per heavy atom. The van der Waals surface area contributed by atoms with Gasteiger partial charge in [-0.1, -0.05) is 36.4 Å². The van der Waals surface area contributed by atoms with E-state index >= 15 is 0 Å². The number of azo groups is 4. The first-order chi connectivity index (χ1) is 51.0. The maximum absolute atomic E-state index is 9.80. The van der Waals surface area contributed by atoms with Gasteiger partial charge in [-0.25, -0.2) is 29.9 Å². The molecule has 0 unspecified atom stereocenters. The summed E-state index contributed by atoms with van der Waals surface area (Å²) in [6, 6.07) is 76.8. The second-order valence-corrected chi connectivity index (χ2v) is 23.6. The largest absolute Gasteiger partial charge is 0.508 e. The lowest BCUT2D eigenvalue weighted by atomic mass is 10.1. The van der Waals surface area contributed by atoms with Crippen molar-refractivity contribution in [2.75, 3.05) is 0 Å². The van der Waals surface area contributed by atoms with E-state index in [1.54, 1.807) is 194 Å². The van der Waals surface area contributed by atoms with Crippen LogP contribution in [0.2, 0.25) is 0 Å². The number of aromatic nitrogens is 8. The highest BCUT2D eigenvalue weighted by atomic mass is 16.5. The van der Waals surface area contributed by atoms with Crippen molar-refractivity contribution in [1.82, 2.24) is 39.9 Å². The number of nitrogens with one attached hydrogen (secondary N) is 2. The number of fused-ring (bicyclic) bond motifs is 20. The normalized spacial score (nSPS) is 11.8. The topological polar surface area (TPSA) is 326 Å². The van der Waals surface area contributed by atoms with E-state index in [1.807, 2.05) is 72.8 Å². The zero-order valence-corrected chi connectivity index (χ0v) is 54.1. The summed E-state index contributed by atoms with van der Waals surface area (Å²) in [6.07, 6.45) is 0. The summed E-state index contributed by atoms with van der Waals surface area (Å²) >= 11 is 0. The van der Waals surface area contributed by atoms with Gasteiger partial charge in [0.05, 0.1) is 61.8 Å². The molecule has 0 aliphatic carbocycles. The number of aromatic hydroxyl groups is 4. The van der Waals surface area contributed by atoms with E-state index in [1.165, 1.54) is 0 Å². The number of H-pyrrole nitrogens is 2. The van der Waals surface area contributed by atoms with Crippen LogP contribution in [0.4, 0.5) is 45.5 Å². The van der Waals surface area contributed by atoms with Gasteiger partial charge in [0.1, 0.15) is 91.6 Å². The molecule has 15 aromatic rings. The van der Waals surface area contributed by atoms with Crippen LogP contribution in [0.15, 0.2) is 308 Å². The molecule has 5 heterocycles. The van der Waals surface area contributed by atoms with E-state index in [2.05, 4.69) is 50.9 Å². The van der Waals surface area contributed by atoms with E-state index in [4.69, 9.17) is 48.9 Å². The zero-order valence-electron chi connectivity index (χ0n) is 54.1. The lowest BCUT2D eigenvalue weighted by Crippen LogP contribution is -1.90. The minimum absolute atomic E-state index is 0.126. The molecule has 0 saturated heterocycles. The van der Waals surface area contributed by atoms with E-state index in [-0.39, 0.29) is 40.5 Å². The van der Waals surface area contributed by atoms with Gasteiger partial charge in [0, 0.05) is 27.5 Å². The maximum Gasteiger partial charge on any atom is 0.168 e. The summed E-state index contributed by atoms with van der Waals surface area (Å²) in [7, 11) is 0. The summed E-state index contributed by atoms with van der Waals surface area (Å²) in [5, 5.41) is 76.4. The van der Waals surface area contributed by atoms with Crippen molar-refractivity contribution in [2.24, 2.45) is 40.9 Å². The van der Waals surface area contributed by atoms with E-state index in [0.717, 1.165) is 0 Å². The van der Waals surface area contributed by atoms with Crippen molar-refractivity contribution in [1.29, 1.82) is 0 Å². The van der Waals surface area contributed by atoms with Crippen molar-refractivity contribution in [2.45, 2.75) is 0 Å². The van der Waals surface area contributed by atoms with Crippen molar-refractivity contribution in [3.8, 4) is 115 Å². The third kappa shape index (κ3) is 13.2. The molecule has 0 amide bonds. The van der Waals surface area contributed by atoms with Crippen LogP contribution in [0.5, 0.6) is 69.0 Å². The fourth-order valence-electron chi connectivity index (χ4n) is 11.5. The van der Waals surface area contributed by atoms with E-state index in [9.17, 15) is 20.4 Å². The number of benzene rings is 12. The average molecular weight is 1360 g/mol. The Kier molecular flexibility index (Phi) is 16.1. The van der Waals surface area contributed by atoms with Crippen molar-refractivity contribution < 1.29 is 39.4 Å². The molecule has 0 fully saturated rings. The van der Waals surface area contributed by atoms with Crippen molar-refractivity contribution in [3.05, 3.63) is 267 Å². The third-order valence-corrected chi connectivity index (χ3v) is 16.6. The van der Waals surface area contributed by atoms with Gasteiger partial charge in [-0.05, 0) is 231 Å². The number of nitrogens with zero attached hydrogens (tertiary/aromatic N) is 14. The minimum atomic E-state index is 0.126. The van der Waals surface area contributed by atoms with Gasteiger partial charge in [0.2, 0.25) is 0 Å². The molecule has 104 heavy (non-hydrogen) atoms. The van der Waals surface area contributed by atoms with Crippen molar-refractivity contribution in [3.63, 3.8) is 0 Å². The molecule has 0 atom stereocenters.